The first-order valence-corrected chi connectivity index (χ1v) is 5.94. The summed E-state index contributed by atoms with van der Waals surface area (Å²) in [6.07, 6.45) is 2.76. The van der Waals surface area contributed by atoms with Crippen molar-refractivity contribution in [3.05, 3.63) is 35.9 Å². The van der Waals surface area contributed by atoms with Gasteiger partial charge in [-0.1, -0.05) is 50.6 Å². The van der Waals surface area contributed by atoms with Gasteiger partial charge in [0.25, 0.3) is 0 Å². The Labute approximate surface area is 97.6 Å². The molecule has 1 atom stereocenters. The van der Waals surface area contributed by atoms with Gasteiger partial charge in [-0.3, -0.25) is 4.79 Å². The van der Waals surface area contributed by atoms with Crippen LogP contribution in [-0.2, 0) is 16.0 Å². The second kappa shape index (κ2) is 7.04. The maximum Gasteiger partial charge on any atom is 0.308 e. The van der Waals surface area contributed by atoms with Crippen LogP contribution in [0.5, 0.6) is 0 Å². The summed E-state index contributed by atoms with van der Waals surface area (Å²) in [5.74, 6) is -0.142. The maximum absolute atomic E-state index is 11.6. The van der Waals surface area contributed by atoms with E-state index in [-0.39, 0.29) is 11.9 Å². The van der Waals surface area contributed by atoms with E-state index in [2.05, 4.69) is 6.92 Å². The van der Waals surface area contributed by atoms with Crippen LogP contribution in [0.3, 0.4) is 0 Å². The number of rotatable bonds is 6. The van der Waals surface area contributed by atoms with Gasteiger partial charge in [-0.05, 0) is 18.4 Å². The fraction of sp³-hybridized carbons (Fsp3) is 0.500. The minimum atomic E-state index is -0.0858. The van der Waals surface area contributed by atoms with Gasteiger partial charge in [0, 0.05) is 0 Å². The van der Waals surface area contributed by atoms with Crippen molar-refractivity contribution in [2.45, 2.75) is 33.1 Å². The van der Waals surface area contributed by atoms with Crippen LogP contribution in [0.15, 0.2) is 30.3 Å². The molecule has 2 nitrogen and oxygen atoms in total. The fourth-order valence-corrected chi connectivity index (χ4v) is 1.51. The summed E-state index contributed by atoms with van der Waals surface area (Å²) >= 11 is 0. The van der Waals surface area contributed by atoms with Crippen molar-refractivity contribution in [3.63, 3.8) is 0 Å². The monoisotopic (exact) mass is 220 g/mol. The highest BCUT2D eigenvalue weighted by Crippen LogP contribution is 2.09. The molecular weight excluding hydrogens is 200 g/mol. The minimum absolute atomic E-state index is 0.0562. The maximum atomic E-state index is 11.6. The number of carbonyl (C=O) groups excluding carboxylic acids is 1. The van der Waals surface area contributed by atoms with E-state index in [4.69, 9.17) is 4.74 Å². The van der Waals surface area contributed by atoms with Gasteiger partial charge in [-0.15, -0.1) is 0 Å². The summed E-state index contributed by atoms with van der Waals surface area (Å²) in [5.41, 5.74) is 1.18. The van der Waals surface area contributed by atoms with Gasteiger partial charge in [-0.2, -0.15) is 0 Å². The lowest BCUT2D eigenvalue weighted by atomic mass is 10.0. The van der Waals surface area contributed by atoms with Gasteiger partial charge in [-0.25, -0.2) is 0 Å². The zero-order valence-electron chi connectivity index (χ0n) is 10.1. The Hall–Kier alpha value is -1.31. The molecule has 0 spiro atoms. The van der Waals surface area contributed by atoms with Crippen LogP contribution in [-0.4, -0.2) is 12.6 Å². The van der Waals surface area contributed by atoms with E-state index in [0.717, 1.165) is 19.3 Å². The van der Waals surface area contributed by atoms with E-state index in [1.54, 1.807) is 0 Å². The summed E-state index contributed by atoms with van der Waals surface area (Å²) in [7, 11) is 0. The van der Waals surface area contributed by atoms with Gasteiger partial charge in [0.05, 0.1) is 12.5 Å². The smallest absolute Gasteiger partial charge is 0.308 e. The van der Waals surface area contributed by atoms with Gasteiger partial charge in [0.1, 0.15) is 0 Å². The molecule has 1 aromatic rings. The van der Waals surface area contributed by atoms with Crippen LogP contribution in [0.25, 0.3) is 0 Å². The van der Waals surface area contributed by atoms with Crippen LogP contribution < -0.4 is 0 Å². The fourth-order valence-electron chi connectivity index (χ4n) is 1.51. The number of benzene rings is 1. The number of esters is 1. The minimum Gasteiger partial charge on any atom is -0.465 e. The Morgan fingerprint density at radius 3 is 2.62 bits per heavy atom. The van der Waals surface area contributed by atoms with E-state index in [1.165, 1.54) is 5.56 Å². The third kappa shape index (κ3) is 4.47. The van der Waals surface area contributed by atoms with Gasteiger partial charge in [0.2, 0.25) is 0 Å². The topological polar surface area (TPSA) is 26.3 Å². The molecule has 0 saturated carbocycles. The summed E-state index contributed by atoms with van der Waals surface area (Å²) in [6, 6.07) is 10.0. The number of carbonyl (C=O) groups is 1. The quantitative estimate of drug-likeness (QED) is 0.543. The highest BCUT2D eigenvalue weighted by Gasteiger charge is 2.14. The Kier molecular flexibility index (Phi) is 5.62. The van der Waals surface area contributed by atoms with Crippen LogP contribution in [0.1, 0.15) is 32.3 Å². The molecular formula is C14H20O2. The summed E-state index contributed by atoms with van der Waals surface area (Å²) in [4.78, 5) is 11.6. The van der Waals surface area contributed by atoms with Crippen LogP contribution in [0.4, 0.5) is 0 Å². The van der Waals surface area contributed by atoms with Gasteiger partial charge >= 0.3 is 5.97 Å². The molecule has 0 unspecified atom stereocenters. The zero-order valence-corrected chi connectivity index (χ0v) is 10.1. The first-order chi connectivity index (χ1) is 7.74. The van der Waals surface area contributed by atoms with Crippen LogP contribution in [0, 0.1) is 5.92 Å². The largest absolute Gasteiger partial charge is 0.465 e. The third-order valence-electron chi connectivity index (χ3n) is 2.53. The number of hydrogen-bond donors (Lipinski definition) is 0. The normalized spacial score (nSPS) is 12.1. The Morgan fingerprint density at radius 1 is 1.31 bits per heavy atom. The average Bonchev–Trinajstić information content (AvgIpc) is 2.30. The molecule has 1 rings (SSSR count). The molecule has 0 amide bonds. The lowest BCUT2D eigenvalue weighted by molar-refractivity contribution is -0.148. The SMILES string of the molecule is CCCCOC(=O)[C@@H](C)Cc1ccccc1. The molecule has 16 heavy (non-hydrogen) atoms. The van der Waals surface area contributed by atoms with Crippen molar-refractivity contribution in [3.8, 4) is 0 Å². The van der Waals surface area contributed by atoms with Crippen molar-refractivity contribution in [2.75, 3.05) is 6.61 Å². The van der Waals surface area contributed by atoms with Crippen LogP contribution in [0.2, 0.25) is 0 Å². The molecule has 0 N–H and O–H groups in total. The highest BCUT2D eigenvalue weighted by molar-refractivity contribution is 5.72. The van der Waals surface area contributed by atoms with Gasteiger partial charge < -0.3 is 4.74 Å². The van der Waals surface area contributed by atoms with E-state index in [0.29, 0.717) is 6.61 Å². The van der Waals surface area contributed by atoms with E-state index < -0.39 is 0 Å². The summed E-state index contributed by atoms with van der Waals surface area (Å²) < 4.78 is 5.18. The molecule has 2 heteroatoms. The lowest BCUT2D eigenvalue weighted by Crippen LogP contribution is -2.17. The number of unbranched alkanes of at least 4 members (excludes halogenated alkanes) is 1. The van der Waals surface area contributed by atoms with Crippen molar-refractivity contribution in [1.29, 1.82) is 0 Å². The molecule has 1 aromatic carbocycles. The zero-order chi connectivity index (χ0) is 11.8. The van der Waals surface area contributed by atoms with E-state index in [9.17, 15) is 4.79 Å². The molecule has 88 valence electrons. The first-order valence-electron chi connectivity index (χ1n) is 5.94. The Balaban J connectivity index is 2.34. The predicted octanol–water partition coefficient (Wildman–Crippen LogP) is 3.21. The summed E-state index contributed by atoms with van der Waals surface area (Å²) in [6.45, 7) is 4.55. The molecule has 0 radical (unpaired) electrons. The Bertz CT molecular complexity index is 306. The molecule has 0 saturated heterocycles. The number of hydrogen-bond acceptors (Lipinski definition) is 2. The highest BCUT2D eigenvalue weighted by atomic mass is 16.5. The first kappa shape index (κ1) is 12.8. The van der Waals surface area contributed by atoms with E-state index in [1.807, 2.05) is 37.3 Å². The standard InChI is InChI=1S/C14H20O2/c1-3-4-10-16-14(15)12(2)11-13-8-6-5-7-9-13/h5-9,12H,3-4,10-11H2,1-2H3/t12-/m0/s1. The molecule has 0 aliphatic rings. The van der Waals surface area contributed by atoms with Gasteiger partial charge in [0.15, 0.2) is 0 Å². The molecule has 0 heterocycles. The van der Waals surface area contributed by atoms with Crippen molar-refractivity contribution < 1.29 is 9.53 Å². The summed E-state index contributed by atoms with van der Waals surface area (Å²) in [5, 5.41) is 0. The molecule has 0 aromatic heterocycles. The predicted molar refractivity (Wildman–Crippen MR) is 65.2 cm³/mol. The van der Waals surface area contributed by atoms with Crippen molar-refractivity contribution in [1.82, 2.24) is 0 Å². The third-order valence-corrected chi connectivity index (χ3v) is 2.53. The molecule has 0 aliphatic carbocycles. The Morgan fingerprint density at radius 2 is 2.00 bits per heavy atom. The molecule has 0 aliphatic heterocycles. The van der Waals surface area contributed by atoms with Crippen LogP contribution >= 0.6 is 0 Å². The van der Waals surface area contributed by atoms with Crippen molar-refractivity contribution >= 4 is 5.97 Å². The molecule has 0 fully saturated rings. The average molecular weight is 220 g/mol. The molecule has 0 bridgehead atoms. The second-order valence-electron chi connectivity index (χ2n) is 4.11. The second-order valence-corrected chi connectivity index (χ2v) is 4.11. The van der Waals surface area contributed by atoms with E-state index >= 15 is 0 Å². The number of ether oxygens (including phenoxy) is 1. The lowest BCUT2D eigenvalue weighted by Gasteiger charge is -2.11. The van der Waals surface area contributed by atoms with Crippen molar-refractivity contribution in [2.24, 2.45) is 5.92 Å².